The summed E-state index contributed by atoms with van der Waals surface area (Å²) >= 11 is 1.48. The molecule has 0 atom stereocenters. The average molecular weight is 275 g/mol. The molecule has 0 saturated heterocycles. The van der Waals surface area contributed by atoms with E-state index in [4.69, 9.17) is 10.5 Å². The van der Waals surface area contributed by atoms with E-state index >= 15 is 0 Å². The zero-order chi connectivity index (χ0) is 13.4. The number of aryl methyl sites for hydroxylation is 2. The van der Waals surface area contributed by atoms with Gasteiger partial charge in [0, 0.05) is 10.1 Å². The van der Waals surface area contributed by atoms with Crippen molar-refractivity contribution in [2.24, 2.45) is 0 Å². The summed E-state index contributed by atoms with van der Waals surface area (Å²) < 4.78 is 6.21. The van der Waals surface area contributed by atoms with Crippen molar-refractivity contribution in [3.63, 3.8) is 0 Å². The molecule has 0 amide bonds. The van der Waals surface area contributed by atoms with Crippen molar-refractivity contribution in [2.45, 2.75) is 32.6 Å². The summed E-state index contributed by atoms with van der Waals surface area (Å²) in [5, 5.41) is 1.53. The molecule has 2 aromatic rings. The number of rotatable bonds is 2. The molecule has 0 saturated carbocycles. The van der Waals surface area contributed by atoms with E-state index in [1.807, 2.05) is 6.92 Å². The minimum absolute atomic E-state index is 0.304. The molecule has 2 N–H and O–H groups in total. The van der Waals surface area contributed by atoms with Crippen molar-refractivity contribution in [2.75, 3.05) is 12.3 Å². The number of nitrogen functional groups attached to an aromatic ring is 1. The number of thiophene rings is 1. The lowest BCUT2D eigenvalue weighted by molar-refractivity contribution is 0.0530. The molecule has 1 heterocycles. The van der Waals surface area contributed by atoms with Gasteiger partial charge in [-0.25, -0.2) is 4.79 Å². The standard InChI is InChI=1S/C15H17NO2S/c1-2-18-15(17)13-11-7-9-5-3-4-6-10(9)8-12(11)19-14(13)16/h7-8H,2-6,16H2,1H3. The van der Waals surface area contributed by atoms with Crippen molar-refractivity contribution in [1.29, 1.82) is 0 Å². The maximum atomic E-state index is 12.0. The van der Waals surface area contributed by atoms with E-state index in [2.05, 4.69) is 12.1 Å². The molecule has 4 heteroatoms. The van der Waals surface area contributed by atoms with Crippen LogP contribution < -0.4 is 5.73 Å². The van der Waals surface area contributed by atoms with Crippen LogP contribution in [0.2, 0.25) is 0 Å². The first-order chi connectivity index (χ1) is 9.20. The number of ether oxygens (including phenoxy) is 1. The molecule has 3 rings (SSSR count). The van der Waals surface area contributed by atoms with E-state index in [1.54, 1.807) is 0 Å². The highest BCUT2D eigenvalue weighted by Gasteiger charge is 2.20. The fraction of sp³-hybridized carbons (Fsp3) is 0.400. The summed E-state index contributed by atoms with van der Waals surface area (Å²) in [6.07, 6.45) is 4.72. The Hall–Kier alpha value is -1.55. The maximum Gasteiger partial charge on any atom is 0.341 e. The summed E-state index contributed by atoms with van der Waals surface area (Å²) in [6.45, 7) is 2.19. The Balaban J connectivity index is 2.17. The Morgan fingerprint density at radius 2 is 2.00 bits per heavy atom. The molecule has 100 valence electrons. The van der Waals surface area contributed by atoms with Crippen LogP contribution in [-0.2, 0) is 17.6 Å². The van der Waals surface area contributed by atoms with Gasteiger partial charge in [-0.2, -0.15) is 0 Å². The van der Waals surface area contributed by atoms with Gasteiger partial charge in [0.2, 0.25) is 0 Å². The topological polar surface area (TPSA) is 52.3 Å². The predicted molar refractivity (Wildman–Crippen MR) is 78.8 cm³/mol. The molecule has 0 unspecified atom stereocenters. The Morgan fingerprint density at radius 3 is 2.68 bits per heavy atom. The van der Waals surface area contributed by atoms with Crippen LogP contribution in [0.25, 0.3) is 10.1 Å². The fourth-order valence-electron chi connectivity index (χ4n) is 2.76. The number of carbonyl (C=O) groups excluding carboxylic acids is 1. The summed E-state index contributed by atoms with van der Waals surface area (Å²) in [6, 6.07) is 4.34. The molecule has 0 bridgehead atoms. The number of carbonyl (C=O) groups is 1. The number of fused-ring (bicyclic) bond motifs is 2. The van der Waals surface area contributed by atoms with Crippen molar-refractivity contribution >= 4 is 32.4 Å². The summed E-state index contributed by atoms with van der Waals surface area (Å²) in [4.78, 5) is 12.0. The van der Waals surface area contributed by atoms with Gasteiger partial charge in [0.1, 0.15) is 10.6 Å². The van der Waals surface area contributed by atoms with E-state index in [1.165, 1.54) is 35.3 Å². The van der Waals surface area contributed by atoms with Crippen molar-refractivity contribution in [3.8, 4) is 0 Å². The SMILES string of the molecule is CCOC(=O)c1c(N)sc2cc3c(cc12)CCCC3. The molecule has 1 aromatic carbocycles. The van der Waals surface area contributed by atoms with Crippen LogP contribution in [0.1, 0.15) is 41.3 Å². The largest absolute Gasteiger partial charge is 0.462 e. The lowest BCUT2D eigenvalue weighted by Crippen LogP contribution is -2.07. The quantitative estimate of drug-likeness (QED) is 0.853. The number of esters is 1. The van der Waals surface area contributed by atoms with Gasteiger partial charge in [-0.15, -0.1) is 11.3 Å². The van der Waals surface area contributed by atoms with Crippen molar-refractivity contribution in [1.82, 2.24) is 0 Å². The molecule has 1 aliphatic rings. The van der Waals surface area contributed by atoms with Crippen molar-refractivity contribution in [3.05, 3.63) is 28.8 Å². The minimum Gasteiger partial charge on any atom is -0.462 e. The average Bonchev–Trinajstić information content (AvgIpc) is 2.71. The third-order valence-corrected chi connectivity index (χ3v) is 4.64. The Bertz CT molecular complexity index is 645. The molecular formula is C15H17NO2S. The third kappa shape index (κ3) is 2.10. The maximum absolute atomic E-state index is 12.0. The first-order valence-corrected chi connectivity index (χ1v) is 7.53. The molecule has 0 radical (unpaired) electrons. The van der Waals surface area contributed by atoms with Gasteiger partial charge >= 0.3 is 5.97 Å². The third-order valence-electron chi connectivity index (χ3n) is 3.66. The summed E-state index contributed by atoms with van der Waals surface area (Å²) in [5.41, 5.74) is 9.33. The van der Waals surface area contributed by atoms with Crippen LogP contribution >= 0.6 is 11.3 Å². The second-order valence-corrected chi connectivity index (χ2v) is 5.97. The molecule has 0 spiro atoms. The molecule has 0 aliphatic heterocycles. The van der Waals surface area contributed by atoms with E-state index in [0.29, 0.717) is 17.2 Å². The normalized spacial score (nSPS) is 14.4. The second kappa shape index (κ2) is 4.85. The number of nitrogens with two attached hydrogens (primary N) is 1. The van der Waals surface area contributed by atoms with Gasteiger partial charge in [-0.1, -0.05) is 0 Å². The lowest BCUT2D eigenvalue weighted by Gasteiger charge is -2.15. The fourth-order valence-corrected chi connectivity index (χ4v) is 3.76. The van der Waals surface area contributed by atoms with Crippen LogP contribution in [0.15, 0.2) is 12.1 Å². The summed E-state index contributed by atoms with van der Waals surface area (Å²) in [5.74, 6) is -0.304. The Morgan fingerprint density at radius 1 is 1.32 bits per heavy atom. The summed E-state index contributed by atoms with van der Waals surface area (Å²) in [7, 11) is 0. The highest BCUT2D eigenvalue weighted by Crippen LogP contribution is 2.37. The molecule has 1 aliphatic carbocycles. The minimum atomic E-state index is -0.304. The smallest absolute Gasteiger partial charge is 0.341 e. The van der Waals surface area contributed by atoms with Crippen molar-refractivity contribution < 1.29 is 9.53 Å². The van der Waals surface area contributed by atoms with Crippen LogP contribution in [0.5, 0.6) is 0 Å². The van der Waals surface area contributed by atoms with Gasteiger partial charge in [-0.3, -0.25) is 0 Å². The van der Waals surface area contributed by atoms with Gasteiger partial charge < -0.3 is 10.5 Å². The number of anilines is 1. The molecule has 3 nitrogen and oxygen atoms in total. The lowest BCUT2D eigenvalue weighted by atomic mass is 9.90. The van der Waals surface area contributed by atoms with Crippen LogP contribution in [-0.4, -0.2) is 12.6 Å². The zero-order valence-electron chi connectivity index (χ0n) is 11.0. The molecule has 1 aromatic heterocycles. The van der Waals surface area contributed by atoms with E-state index in [9.17, 15) is 4.79 Å². The highest BCUT2D eigenvalue weighted by molar-refractivity contribution is 7.23. The van der Waals surface area contributed by atoms with Crippen LogP contribution in [0, 0.1) is 0 Å². The number of benzene rings is 1. The predicted octanol–water partition coefficient (Wildman–Crippen LogP) is 3.54. The van der Waals surface area contributed by atoms with Gasteiger partial charge in [-0.05, 0) is 55.9 Å². The van der Waals surface area contributed by atoms with E-state index in [0.717, 1.165) is 22.9 Å². The van der Waals surface area contributed by atoms with Gasteiger partial charge in [0.15, 0.2) is 0 Å². The Labute approximate surface area is 116 Å². The van der Waals surface area contributed by atoms with Gasteiger partial charge in [0.25, 0.3) is 0 Å². The zero-order valence-corrected chi connectivity index (χ0v) is 11.8. The second-order valence-electron chi connectivity index (χ2n) is 4.89. The molecular weight excluding hydrogens is 258 g/mol. The first-order valence-electron chi connectivity index (χ1n) is 6.71. The molecule has 19 heavy (non-hydrogen) atoms. The first kappa shape index (κ1) is 12.5. The molecule has 0 fully saturated rings. The van der Waals surface area contributed by atoms with Crippen LogP contribution in [0.3, 0.4) is 0 Å². The number of hydrogen-bond acceptors (Lipinski definition) is 4. The monoisotopic (exact) mass is 275 g/mol. The van der Waals surface area contributed by atoms with E-state index in [-0.39, 0.29) is 5.97 Å². The Kier molecular flexibility index (Phi) is 3.19. The van der Waals surface area contributed by atoms with Gasteiger partial charge in [0.05, 0.1) is 6.61 Å². The van der Waals surface area contributed by atoms with E-state index < -0.39 is 0 Å². The highest BCUT2D eigenvalue weighted by atomic mass is 32.1. The number of hydrogen-bond donors (Lipinski definition) is 1. The van der Waals surface area contributed by atoms with Crippen LogP contribution in [0.4, 0.5) is 5.00 Å².